The summed E-state index contributed by atoms with van der Waals surface area (Å²) in [6, 6.07) is -0.755. The van der Waals surface area contributed by atoms with Crippen molar-refractivity contribution in [3.8, 4) is 11.8 Å². The summed E-state index contributed by atoms with van der Waals surface area (Å²) in [5, 5.41) is 20.5. The fraction of sp³-hybridized carbons (Fsp3) is 0.700. The molecule has 0 radical (unpaired) electrons. The topological polar surface area (TPSA) is 80.7 Å². The Balaban J connectivity index is 2.59. The van der Waals surface area contributed by atoms with Crippen LogP contribution in [0.4, 0.5) is 8.78 Å². The molecule has 0 aromatic heterocycles. The first kappa shape index (κ1) is 23.1. The molecule has 1 rings (SSSR count). The molecule has 0 aromatic carbocycles. The zero-order chi connectivity index (χ0) is 20.4. The molecule has 1 saturated heterocycles. The summed E-state index contributed by atoms with van der Waals surface area (Å²) in [6.45, 7) is 3.71. The van der Waals surface area contributed by atoms with Crippen LogP contribution in [-0.2, 0) is 9.59 Å². The third-order valence-electron chi connectivity index (χ3n) is 4.68. The van der Waals surface area contributed by atoms with E-state index in [4.69, 9.17) is 0 Å². The lowest BCUT2D eigenvalue weighted by Gasteiger charge is -2.22. The Morgan fingerprint density at radius 2 is 2.07 bits per heavy atom. The number of carboxylic acids is 1. The molecule has 3 atom stereocenters. The number of rotatable bonds is 11. The number of hydrogen-bond donors (Lipinski definition) is 1. The van der Waals surface area contributed by atoms with E-state index in [1.54, 1.807) is 6.92 Å². The summed E-state index contributed by atoms with van der Waals surface area (Å²) in [5.41, 5.74) is 0. The number of likely N-dealkylation sites (tertiary alicyclic amines) is 1. The molecule has 0 spiro atoms. The molecule has 1 aliphatic heterocycles. The van der Waals surface area contributed by atoms with Crippen LogP contribution in [0.15, 0.2) is 12.2 Å². The Bertz CT molecular complexity index is 595. The van der Waals surface area contributed by atoms with Gasteiger partial charge in [-0.25, -0.2) is 0 Å². The lowest BCUT2D eigenvalue weighted by atomic mass is 10.00. The first-order chi connectivity index (χ1) is 12.7. The van der Waals surface area contributed by atoms with E-state index in [2.05, 4.69) is 11.8 Å². The Kier molecular flexibility index (Phi) is 9.44. The first-order valence-electron chi connectivity index (χ1n) is 9.33. The molecule has 0 saturated carbocycles. The van der Waals surface area contributed by atoms with Gasteiger partial charge >= 0.3 is 5.92 Å². The van der Waals surface area contributed by atoms with Crippen molar-refractivity contribution in [3.63, 3.8) is 0 Å². The highest BCUT2D eigenvalue weighted by Crippen LogP contribution is 2.34. The van der Waals surface area contributed by atoms with E-state index in [0.29, 0.717) is 32.1 Å². The minimum absolute atomic E-state index is 0.0233. The highest BCUT2D eigenvalue weighted by molar-refractivity contribution is 5.86. The van der Waals surface area contributed by atoms with Crippen LogP contribution in [0.5, 0.6) is 0 Å². The highest BCUT2D eigenvalue weighted by Gasteiger charge is 2.52. The predicted octanol–water partition coefficient (Wildman–Crippen LogP) is 1.89. The highest BCUT2D eigenvalue weighted by atomic mass is 19.3. The normalized spacial score (nSPS) is 21.1. The second kappa shape index (κ2) is 11.0. The third-order valence-corrected chi connectivity index (χ3v) is 4.68. The van der Waals surface area contributed by atoms with Gasteiger partial charge in [-0.05, 0) is 32.1 Å². The molecule has 1 heterocycles. The fourth-order valence-electron chi connectivity index (χ4n) is 2.98. The molecule has 0 aliphatic carbocycles. The Labute approximate surface area is 159 Å². The van der Waals surface area contributed by atoms with E-state index < -0.39 is 36.4 Å². The van der Waals surface area contributed by atoms with E-state index in [0.717, 1.165) is 4.90 Å². The summed E-state index contributed by atoms with van der Waals surface area (Å²) in [5.74, 6) is -0.210. The van der Waals surface area contributed by atoms with Crippen LogP contribution in [-0.4, -0.2) is 46.5 Å². The maximum atomic E-state index is 13.8. The van der Waals surface area contributed by atoms with Crippen molar-refractivity contribution in [1.82, 2.24) is 4.90 Å². The minimum Gasteiger partial charge on any atom is -0.550 e. The molecular weight excluding hydrogens is 356 g/mol. The van der Waals surface area contributed by atoms with Crippen molar-refractivity contribution >= 4 is 11.9 Å². The number of hydrogen-bond acceptors (Lipinski definition) is 4. The molecular formula is C20H28F2NO4-. The van der Waals surface area contributed by atoms with Gasteiger partial charge < -0.3 is 19.9 Å². The number of nitrogens with zero attached hydrogens (tertiary/aromatic N) is 1. The number of aliphatic carboxylic acids is 1. The van der Waals surface area contributed by atoms with Gasteiger partial charge in [0.15, 0.2) is 0 Å². The SMILES string of the molecule is CC#CCC(C)[C@@H](O)/C=C/[C@H]1CC(F)(F)C(=O)N1CCCCCCC(=O)[O-]. The summed E-state index contributed by atoms with van der Waals surface area (Å²) in [6.07, 6.45) is 4.29. The molecule has 0 aromatic rings. The van der Waals surface area contributed by atoms with Crippen LogP contribution < -0.4 is 5.11 Å². The van der Waals surface area contributed by atoms with E-state index in [9.17, 15) is 28.6 Å². The third kappa shape index (κ3) is 7.67. The van der Waals surface area contributed by atoms with Crippen molar-refractivity contribution in [3.05, 3.63) is 12.2 Å². The number of amides is 1. The van der Waals surface area contributed by atoms with Crippen LogP contribution in [0.1, 0.15) is 58.8 Å². The van der Waals surface area contributed by atoms with Gasteiger partial charge in [0.1, 0.15) is 0 Å². The predicted molar refractivity (Wildman–Crippen MR) is 95.5 cm³/mol. The van der Waals surface area contributed by atoms with Gasteiger partial charge in [0.05, 0.1) is 12.1 Å². The molecule has 27 heavy (non-hydrogen) atoms. The fourth-order valence-corrected chi connectivity index (χ4v) is 2.98. The molecule has 1 fully saturated rings. The van der Waals surface area contributed by atoms with Crippen LogP contribution in [0, 0.1) is 17.8 Å². The van der Waals surface area contributed by atoms with Gasteiger partial charge in [0.2, 0.25) is 0 Å². The quantitative estimate of drug-likeness (QED) is 0.335. The summed E-state index contributed by atoms with van der Waals surface area (Å²) in [7, 11) is 0. The molecule has 5 nitrogen and oxygen atoms in total. The Morgan fingerprint density at radius 1 is 1.41 bits per heavy atom. The van der Waals surface area contributed by atoms with Crippen molar-refractivity contribution in [2.75, 3.05) is 6.54 Å². The maximum absolute atomic E-state index is 13.8. The van der Waals surface area contributed by atoms with Gasteiger partial charge in [0.25, 0.3) is 5.91 Å². The number of halogens is 2. The monoisotopic (exact) mass is 384 g/mol. The van der Waals surface area contributed by atoms with Gasteiger partial charge in [-0.1, -0.05) is 31.9 Å². The number of alkyl halides is 2. The maximum Gasteiger partial charge on any atom is 0.327 e. The second-order valence-electron chi connectivity index (χ2n) is 6.99. The summed E-state index contributed by atoms with van der Waals surface area (Å²) < 4.78 is 27.7. The number of carbonyl (C=O) groups is 2. The zero-order valence-corrected chi connectivity index (χ0v) is 15.9. The lowest BCUT2D eigenvalue weighted by Crippen LogP contribution is -2.36. The van der Waals surface area contributed by atoms with Gasteiger partial charge in [-0.3, -0.25) is 4.79 Å². The van der Waals surface area contributed by atoms with Gasteiger partial charge in [-0.15, -0.1) is 11.8 Å². The molecule has 152 valence electrons. The number of aliphatic hydroxyl groups excluding tert-OH is 1. The molecule has 7 heteroatoms. The molecule has 1 unspecified atom stereocenters. The van der Waals surface area contributed by atoms with Crippen LogP contribution in [0.3, 0.4) is 0 Å². The summed E-state index contributed by atoms with van der Waals surface area (Å²) >= 11 is 0. The van der Waals surface area contributed by atoms with E-state index >= 15 is 0 Å². The van der Waals surface area contributed by atoms with Crippen LogP contribution >= 0.6 is 0 Å². The van der Waals surface area contributed by atoms with Crippen molar-refractivity contribution in [2.24, 2.45) is 5.92 Å². The number of carboxylic acid groups (broad SMARTS) is 1. The molecule has 1 amide bonds. The standard InChI is InChI=1S/C20H29F2NO4/c1-3-4-9-15(2)17(24)12-11-16-14-20(21,22)19(27)23(16)13-8-6-5-7-10-18(25)26/h11-12,15-17,24H,5-10,13-14H2,1-2H3,(H,25,26)/p-1/b12-11+/t15?,16-,17-/m0/s1. The molecule has 0 bridgehead atoms. The van der Waals surface area contributed by atoms with Crippen LogP contribution in [0.2, 0.25) is 0 Å². The number of carbonyl (C=O) groups excluding carboxylic acids is 2. The van der Waals surface area contributed by atoms with Crippen molar-refractivity contribution in [1.29, 1.82) is 0 Å². The van der Waals surface area contributed by atoms with Gasteiger partial charge in [-0.2, -0.15) is 8.78 Å². The zero-order valence-electron chi connectivity index (χ0n) is 15.9. The number of aliphatic hydroxyl groups is 1. The van der Waals surface area contributed by atoms with Crippen molar-refractivity contribution < 1.29 is 28.6 Å². The Hall–Kier alpha value is -1.94. The largest absolute Gasteiger partial charge is 0.550 e. The van der Waals surface area contributed by atoms with E-state index in [1.165, 1.54) is 12.2 Å². The molecule has 1 N–H and O–H groups in total. The Morgan fingerprint density at radius 3 is 2.70 bits per heavy atom. The average Bonchev–Trinajstić information content (AvgIpc) is 2.82. The van der Waals surface area contributed by atoms with Crippen molar-refractivity contribution in [2.45, 2.75) is 76.9 Å². The van der Waals surface area contributed by atoms with E-state index in [-0.39, 0.29) is 18.9 Å². The molecule has 1 aliphatic rings. The lowest BCUT2D eigenvalue weighted by molar-refractivity contribution is -0.305. The first-order valence-corrected chi connectivity index (χ1v) is 9.33. The number of unbranched alkanes of at least 4 members (excludes halogenated alkanes) is 3. The second-order valence-corrected chi connectivity index (χ2v) is 6.99. The smallest absolute Gasteiger partial charge is 0.327 e. The summed E-state index contributed by atoms with van der Waals surface area (Å²) in [4.78, 5) is 23.4. The van der Waals surface area contributed by atoms with Crippen LogP contribution in [0.25, 0.3) is 0 Å². The van der Waals surface area contributed by atoms with E-state index in [1.807, 2.05) is 6.92 Å². The van der Waals surface area contributed by atoms with Gasteiger partial charge in [0, 0.05) is 25.4 Å². The average molecular weight is 384 g/mol. The minimum atomic E-state index is -3.39.